The molecule has 0 aliphatic heterocycles. The summed E-state index contributed by atoms with van der Waals surface area (Å²) in [5.74, 6) is -0.509. The molecule has 3 rings (SSSR count). The topological polar surface area (TPSA) is 97.4 Å². The number of benzene rings is 1. The maximum atomic E-state index is 12.9. The van der Waals surface area contributed by atoms with Crippen molar-refractivity contribution in [2.45, 2.75) is 68.8 Å². The fourth-order valence-electron chi connectivity index (χ4n) is 3.83. The molecule has 7 nitrogen and oxygen atoms in total. The quantitative estimate of drug-likeness (QED) is 0.290. The van der Waals surface area contributed by atoms with Gasteiger partial charge in [-0.1, -0.05) is 68.3 Å². The minimum atomic E-state index is -0.905. The van der Waals surface area contributed by atoms with E-state index in [4.69, 9.17) is 4.74 Å². The van der Waals surface area contributed by atoms with Gasteiger partial charge in [0.2, 0.25) is 5.78 Å². The number of ketones is 1. The van der Waals surface area contributed by atoms with Crippen LogP contribution in [0.15, 0.2) is 46.2 Å². The highest BCUT2D eigenvalue weighted by molar-refractivity contribution is 8.01. The summed E-state index contributed by atoms with van der Waals surface area (Å²) in [5, 5.41) is 7.34. The molecule has 1 aromatic heterocycles. The highest BCUT2D eigenvalue weighted by Gasteiger charge is 2.39. The summed E-state index contributed by atoms with van der Waals surface area (Å²) in [5.41, 5.74) is 0.849. The number of hydrogen-bond donors (Lipinski definition) is 2. The number of aromatic nitrogens is 1. The molecule has 1 aliphatic rings. The smallest absolute Gasteiger partial charge is 0.407 e. The molecule has 2 amide bonds. The normalized spacial score (nSPS) is 16.1. The summed E-state index contributed by atoms with van der Waals surface area (Å²) < 4.78 is 6.56. The standard InChI is InChI=1S/C25H33N3O4S2/c1-3-4-11-20(21(29)22(30)27-18(2)19-9-6-5-7-10-19)28-23(31)32-16-25(12-8-13-25)17-34-24-26-14-15-33-24/h5-7,9-10,14-15,18,20H,3-4,8,11-13,16-17H2,1-2H3,(H,27,30)(H,28,31)/t18-,20+/m1/s1. The number of rotatable bonds is 13. The van der Waals surface area contributed by atoms with Crippen LogP contribution in [0.1, 0.15) is 64.0 Å². The van der Waals surface area contributed by atoms with Crippen molar-refractivity contribution in [3.05, 3.63) is 47.5 Å². The number of thioether (sulfide) groups is 1. The third-order valence-corrected chi connectivity index (χ3v) is 8.48. The van der Waals surface area contributed by atoms with E-state index in [2.05, 4.69) is 15.6 Å². The Bertz CT molecular complexity index is 933. The van der Waals surface area contributed by atoms with Gasteiger partial charge in [0.1, 0.15) is 10.4 Å². The molecule has 9 heteroatoms. The van der Waals surface area contributed by atoms with Gasteiger partial charge in [-0.25, -0.2) is 9.78 Å². The van der Waals surface area contributed by atoms with Crippen LogP contribution in [0.5, 0.6) is 0 Å². The molecule has 1 aliphatic carbocycles. The molecule has 1 aromatic carbocycles. The van der Waals surface area contributed by atoms with E-state index in [1.165, 1.54) is 0 Å². The Balaban J connectivity index is 1.52. The first-order chi connectivity index (χ1) is 16.4. The van der Waals surface area contributed by atoms with Crippen LogP contribution in [-0.2, 0) is 14.3 Å². The highest BCUT2D eigenvalue weighted by atomic mass is 32.2. The maximum Gasteiger partial charge on any atom is 0.407 e. The van der Waals surface area contributed by atoms with Crippen molar-refractivity contribution in [3.63, 3.8) is 0 Å². The number of hydrogen-bond acceptors (Lipinski definition) is 7. The van der Waals surface area contributed by atoms with Crippen LogP contribution < -0.4 is 10.6 Å². The number of alkyl carbamates (subject to hydrolysis) is 1. The molecule has 2 atom stereocenters. The van der Waals surface area contributed by atoms with Crippen LogP contribution in [0.2, 0.25) is 0 Å². The Kier molecular flexibility index (Phi) is 9.95. The Morgan fingerprint density at radius 2 is 1.97 bits per heavy atom. The molecule has 34 heavy (non-hydrogen) atoms. The second kappa shape index (κ2) is 12.9. The van der Waals surface area contributed by atoms with Gasteiger partial charge in [-0.2, -0.15) is 0 Å². The molecular formula is C25H33N3O4S2. The Labute approximate surface area is 209 Å². The predicted octanol–water partition coefficient (Wildman–Crippen LogP) is 5.14. The molecule has 1 saturated carbocycles. The maximum absolute atomic E-state index is 12.9. The molecule has 2 aromatic rings. The number of amides is 2. The van der Waals surface area contributed by atoms with E-state index >= 15 is 0 Å². The number of nitrogens with one attached hydrogen (secondary N) is 2. The van der Waals surface area contributed by atoms with Crippen molar-refractivity contribution in [2.24, 2.45) is 5.41 Å². The largest absolute Gasteiger partial charge is 0.449 e. The number of unbranched alkanes of at least 4 members (excludes halogenated alkanes) is 1. The first kappa shape index (κ1) is 26.2. The average Bonchev–Trinajstić information content (AvgIpc) is 3.34. The van der Waals surface area contributed by atoms with Crippen LogP contribution in [0, 0.1) is 5.41 Å². The summed E-state index contributed by atoms with van der Waals surface area (Å²) in [6.45, 7) is 4.12. The fourth-order valence-corrected chi connectivity index (χ4v) is 5.75. The molecule has 1 fully saturated rings. The third-order valence-electron chi connectivity index (χ3n) is 6.16. The van der Waals surface area contributed by atoms with Gasteiger partial charge in [0.25, 0.3) is 5.91 Å². The van der Waals surface area contributed by atoms with Gasteiger partial charge in [-0.05, 0) is 31.7 Å². The molecule has 1 heterocycles. The van der Waals surface area contributed by atoms with E-state index in [0.717, 1.165) is 41.3 Å². The summed E-state index contributed by atoms with van der Waals surface area (Å²) >= 11 is 3.29. The van der Waals surface area contributed by atoms with Crippen molar-refractivity contribution < 1.29 is 19.1 Å². The second-order valence-electron chi connectivity index (χ2n) is 8.83. The number of ether oxygens (including phenoxy) is 1. The van der Waals surface area contributed by atoms with Crippen LogP contribution in [-0.4, -0.2) is 41.2 Å². The molecule has 0 spiro atoms. The Morgan fingerprint density at radius 3 is 2.59 bits per heavy atom. The lowest BCUT2D eigenvalue weighted by atomic mass is 9.71. The summed E-state index contributed by atoms with van der Waals surface area (Å²) in [6, 6.07) is 8.22. The predicted molar refractivity (Wildman–Crippen MR) is 135 cm³/mol. The summed E-state index contributed by atoms with van der Waals surface area (Å²) in [7, 11) is 0. The van der Waals surface area contributed by atoms with E-state index in [-0.39, 0.29) is 11.5 Å². The van der Waals surface area contributed by atoms with Gasteiger partial charge in [0, 0.05) is 22.7 Å². The van der Waals surface area contributed by atoms with Crippen LogP contribution in [0.3, 0.4) is 0 Å². The SMILES string of the molecule is CCCC[C@H](NC(=O)OCC1(CSc2nccs2)CCC1)C(=O)C(=O)N[C@H](C)c1ccccc1. The van der Waals surface area contributed by atoms with Crippen molar-refractivity contribution in [2.75, 3.05) is 12.4 Å². The lowest BCUT2D eigenvalue weighted by Crippen LogP contribution is -2.49. The number of thiazole rings is 1. The van der Waals surface area contributed by atoms with Gasteiger partial charge in [-0.3, -0.25) is 9.59 Å². The molecule has 2 N–H and O–H groups in total. The van der Waals surface area contributed by atoms with E-state index in [9.17, 15) is 14.4 Å². The van der Waals surface area contributed by atoms with Crippen LogP contribution in [0.25, 0.3) is 0 Å². The van der Waals surface area contributed by atoms with Crippen molar-refractivity contribution >= 4 is 40.9 Å². The van der Waals surface area contributed by atoms with E-state index in [1.807, 2.05) is 49.6 Å². The lowest BCUT2D eigenvalue weighted by Gasteiger charge is -2.40. The van der Waals surface area contributed by atoms with Crippen molar-refractivity contribution in [1.29, 1.82) is 0 Å². The molecule has 184 valence electrons. The minimum Gasteiger partial charge on any atom is -0.449 e. The zero-order valence-electron chi connectivity index (χ0n) is 19.7. The van der Waals surface area contributed by atoms with Crippen LogP contribution >= 0.6 is 23.1 Å². The third kappa shape index (κ3) is 7.56. The number of carbonyl (C=O) groups is 3. The molecular weight excluding hydrogens is 470 g/mol. The average molecular weight is 504 g/mol. The first-order valence-corrected chi connectivity index (χ1v) is 13.6. The Morgan fingerprint density at radius 1 is 1.21 bits per heavy atom. The van der Waals surface area contributed by atoms with Gasteiger partial charge in [0.15, 0.2) is 0 Å². The number of Topliss-reactive ketones (excluding diaryl/α,β-unsaturated/α-hetero) is 1. The van der Waals surface area contributed by atoms with E-state index in [1.54, 1.807) is 29.3 Å². The monoisotopic (exact) mass is 503 g/mol. The molecule has 0 radical (unpaired) electrons. The summed E-state index contributed by atoms with van der Waals surface area (Å²) in [4.78, 5) is 42.4. The van der Waals surface area contributed by atoms with E-state index < -0.39 is 23.8 Å². The summed E-state index contributed by atoms with van der Waals surface area (Å²) in [6.07, 6.45) is 6.20. The zero-order valence-corrected chi connectivity index (χ0v) is 21.4. The van der Waals surface area contributed by atoms with Gasteiger partial charge < -0.3 is 15.4 Å². The fraction of sp³-hybridized carbons (Fsp3) is 0.520. The number of nitrogens with zero attached hydrogens (tertiary/aromatic N) is 1. The molecule has 0 bridgehead atoms. The lowest BCUT2D eigenvalue weighted by molar-refractivity contribution is -0.139. The van der Waals surface area contributed by atoms with Crippen LogP contribution in [0.4, 0.5) is 4.79 Å². The molecule has 0 saturated heterocycles. The van der Waals surface area contributed by atoms with Crippen molar-refractivity contribution in [3.8, 4) is 0 Å². The highest BCUT2D eigenvalue weighted by Crippen LogP contribution is 2.45. The van der Waals surface area contributed by atoms with Gasteiger partial charge in [-0.15, -0.1) is 11.3 Å². The minimum absolute atomic E-state index is 0.0565. The first-order valence-electron chi connectivity index (χ1n) is 11.8. The Hall–Kier alpha value is -2.39. The van der Waals surface area contributed by atoms with Gasteiger partial charge in [0.05, 0.1) is 12.6 Å². The van der Waals surface area contributed by atoms with E-state index in [0.29, 0.717) is 19.4 Å². The zero-order chi connectivity index (χ0) is 24.4. The molecule has 0 unspecified atom stereocenters. The van der Waals surface area contributed by atoms with Crippen molar-refractivity contribution in [1.82, 2.24) is 15.6 Å². The van der Waals surface area contributed by atoms with Gasteiger partial charge >= 0.3 is 6.09 Å². The number of carbonyl (C=O) groups excluding carboxylic acids is 3. The second-order valence-corrected chi connectivity index (χ2v) is 10.9.